The second-order valence-electron chi connectivity index (χ2n) is 3.91. The first-order valence-electron chi connectivity index (χ1n) is 5.11. The van der Waals surface area contributed by atoms with Crippen molar-refractivity contribution >= 4 is 5.69 Å². The number of non-ortho nitro benzene ring substituents is 1. The normalized spacial score (nSPS) is 10.8. The highest BCUT2D eigenvalue weighted by Crippen LogP contribution is 2.26. The molecular formula is C10H11N5O2. The summed E-state index contributed by atoms with van der Waals surface area (Å²) < 4.78 is 1.43. The number of rotatable bonds is 3. The zero-order chi connectivity index (χ0) is 12.4. The van der Waals surface area contributed by atoms with Gasteiger partial charge in [0.1, 0.15) is 6.33 Å². The SMILES string of the molecule is CC(C)c1ccc([N+](=O)[O-])cc1-n1cnnn1. The lowest BCUT2D eigenvalue weighted by Gasteiger charge is -2.11. The van der Waals surface area contributed by atoms with E-state index in [1.807, 2.05) is 13.8 Å². The van der Waals surface area contributed by atoms with Crippen LogP contribution in [0.3, 0.4) is 0 Å². The lowest BCUT2D eigenvalue weighted by Crippen LogP contribution is -2.03. The van der Waals surface area contributed by atoms with Crippen LogP contribution >= 0.6 is 0 Å². The van der Waals surface area contributed by atoms with E-state index in [0.29, 0.717) is 5.69 Å². The Bertz CT molecular complexity index is 536. The third kappa shape index (κ3) is 2.12. The summed E-state index contributed by atoms with van der Waals surface area (Å²) >= 11 is 0. The fourth-order valence-electron chi connectivity index (χ4n) is 1.60. The fourth-order valence-corrected chi connectivity index (χ4v) is 1.60. The van der Waals surface area contributed by atoms with Gasteiger partial charge in [-0.15, -0.1) is 5.10 Å². The highest BCUT2D eigenvalue weighted by molar-refractivity contribution is 5.49. The molecule has 7 heteroatoms. The first-order chi connectivity index (χ1) is 8.09. The van der Waals surface area contributed by atoms with E-state index in [9.17, 15) is 10.1 Å². The maximum atomic E-state index is 10.7. The van der Waals surface area contributed by atoms with E-state index in [0.717, 1.165) is 5.56 Å². The van der Waals surface area contributed by atoms with Crippen LogP contribution in [0.4, 0.5) is 5.69 Å². The van der Waals surface area contributed by atoms with E-state index in [1.165, 1.54) is 23.1 Å². The van der Waals surface area contributed by atoms with Gasteiger partial charge in [-0.25, -0.2) is 4.68 Å². The second-order valence-corrected chi connectivity index (χ2v) is 3.91. The molecule has 88 valence electrons. The molecule has 0 N–H and O–H groups in total. The number of hydrogen-bond acceptors (Lipinski definition) is 5. The summed E-state index contributed by atoms with van der Waals surface area (Å²) in [6.07, 6.45) is 1.42. The van der Waals surface area contributed by atoms with Crippen LogP contribution in [0.2, 0.25) is 0 Å². The molecule has 2 rings (SSSR count). The Morgan fingerprint density at radius 3 is 2.71 bits per heavy atom. The lowest BCUT2D eigenvalue weighted by molar-refractivity contribution is -0.384. The molecule has 0 fully saturated rings. The summed E-state index contributed by atoms with van der Waals surface area (Å²) in [5.74, 6) is 0.231. The smallest absolute Gasteiger partial charge is 0.258 e. The van der Waals surface area contributed by atoms with Crippen molar-refractivity contribution in [1.29, 1.82) is 0 Å². The van der Waals surface area contributed by atoms with Crippen molar-refractivity contribution in [2.75, 3.05) is 0 Å². The molecule has 0 spiro atoms. The Morgan fingerprint density at radius 2 is 2.18 bits per heavy atom. The number of benzene rings is 1. The minimum atomic E-state index is -0.433. The molecule has 0 atom stereocenters. The van der Waals surface area contributed by atoms with Crippen molar-refractivity contribution in [3.8, 4) is 5.69 Å². The van der Waals surface area contributed by atoms with E-state index >= 15 is 0 Å². The van der Waals surface area contributed by atoms with Crippen molar-refractivity contribution in [3.05, 3.63) is 40.2 Å². The standard InChI is InChI=1S/C10H11N5O2/c1-7(2)9-4-3-8(15(16)17)5-10(9)14-6-11-12-13-14/h3-7H,1-2H3. The van der Waals surface area contributed by atoms with E-state index < -0.39 is 4.92 Å². The van der Waals surface area contributed by atoms with Gasteiger partial charge in [-0.2, -0.15) is 0 Å². The predicted octanol–water partition coefficient (Wildman–Crippen LogP) is 1.69. The minimum absolute atomic E-state index is 0.0277. The first-order valence-corrected chi connectivity index (χ1v) is 5.11. The molecule has 2 aromatic rings. The van der Waals surface area contributed by atoms with Crippen molar-refractivity contribution < 1.29 is 4.92 Å². The number of hydrogen-bond donors (Lipinski definition) is 0. The number of nitro benzene ring substituents is 1. The van der Waals surface area contributed by atoms with Crippen LogP contribution in [0.25, 0.3) is 5.69 Å². The lowest BCUT2D eigenvalue weighted by atomic mass is 10.0. The Morgan fingerprint density at radius 1 is 1.41 bits per heavy atom. The Hall–Kier alpha value is -2.31. The molecule has 0 amide bonds. The van der Waals surface area contributed by atoms with Gasteiger partial charge >= 0.3 is 0 Å². The Labute approximate surface area is 97.2 Å². The molecule has 0 aliphatic rings. The summed E-state index contributed by atoms with van der Waals surface area (Å²) in [4.78, 5) is 10.3. The fraction of sp³-hybridized carbons (Fsp3) is 0.300. The largest absolute Gasteiger partial charge is 0.271 e. The highest BCUT2D eigenvalue weighted by atomic mass is 16.6. The zero-order valence-corrected chi connectivity index (χ0v) is 9.44. The third-order valence-corrected chi connectivity index (χ3v) is 2.44. The molecular weight excluding hydrogens is 222 g/mol. The second kappa shape index (κ2) is 4.28. The van der Waals surface area contributed by atoms with E-state index in [2.05, 4.69) is 15.5 Å². The number of nitro groups is 1. The predicted molar refractivity (Wildman–Crippen MR) is 59.9 cm³/mol. The molecule has 0 unspecified atom stereocenters. The van der Waals surface area contributed by atoms with Crippen LogP contribution < -0.4 is 0 Å². The number of nitrogens with zero attached hydrogens (tertiary/aromatic N) is 5. The van der Waals surface area contributed by atoms with Crippen LogP contribution in [0, 0.1) is 10.1 Å². The zero-order valence-electron chi connectivity index (χ0n) is 9.44. The van der Waals surface area contributed by atoms with Crippen molar-refractivity contribution in [2.45, 2.75) is 19.8 Å². The topological polar surface area (TPSA) is 86.7 Å². The van der Waals surface area contributed by atoms with E-state index in [-0.39, 0.29) is 11.6 Å². The monoisotopic (exact) mass is 233 g/mol. The first kappa shape index (κ1) is 11.2. The molecule has 1 aromatic carbocycles. The summed E-state index contributed by atoms with van der Waals surface area (Å²) in [5, 5.41) is 21.6. The molecule has 0 saturated carbocycles. The van der Waals surface area contributed by atoms with E-state index in [1.54, 1.807) is 6.07 Å². The summed E-state index contributed by atoms with van der Waals surface area (Å²) in [7, 11) is 0. The molecule has 0 radical (unpaired) electrons. The van der Waals surface area contributed by atoms with Gasteiger partial charge < -0.3 is 0 Å². The molecule has 17 heavy (non-hydrogen) atoms. The summed E-state index contributed by atoms with van der Waals surface area (Å²) in [5.41, 5.74) is 1.63. The Kier molecular flexibility index (Phi) is 2.82. The summed E-state index contributed by atoms with van der Waals surface area (Å²) in [6, 6.07) is 4.70. The van der Waals surface area contributed by atoms with Gasteiger partial charge in [0.2, 0.25) is 0 Å². The summed E-state index contributed by atoms with van der Waals surface area (Å²) in [6.45, 7) is 4.02. The number of tetrazole rings is 1. The molecule has 1 aromatic heterocycles. The molecule has 0 bridgehead atoms. The molecule has 0 aliphatic carbocycles. The molecule has 0 aliphatic heterocycles. The van der Waals surface area contributed by atoms with Gasteiger partial charge in [0.05, 0.1) is 10.6 Å². The maximum Gasteiger partial charge on any atom is 0.271 e. The van der Waals surface area contributed by atoms with E-state index in [4.69, 9.17) is 0 Å². The van der Waals surface area contributed by atoms with Crippen LogP contribution in [0.15, 0.2) is 24.5 Å². The van der Waals surface area contributed by atoms with Gasteiger partial charge in [-0.3, -0.25) is 10.1 Å². The van der Waals surface area contributed by atoms with Crippen molar-refractivity contribution in [3.63, 3.8) is 0 Å². The highest BCUT2D eigenvalue weighted by Gasteiger charge is 2.14. The molecule has 1 heterocycles. The van der Waals surface area contributed by atoms with Gasteiger partial charge in [0, 0.05) is 12.1 Å². The average Bonchev–Trinajstić information content (AvgIpc) is 2.81. The van der Waals surface area contributed by atoms with Gasteiger partial charge in [-0.1, -0.05) is 13.8 Å². The van der Waals surface area contributed by atoms with Gasteiger partial charge in [-0.05, 0) is 28.0 Å². The van der Waals surface area contributed by atoms with Crippen molar-refractivity contribution in [1.82, 2.24) is 20.2 Å². The Balaban J connectivity index is 2.60. The van der Waals surface area contributed by atoms with Gasteiger partial charge in [0.15, 0.2) is 0 Å². The molecule has 0 saturated heterocycles. The quantitative estimate of drug-likeness (QED) is 0.594. The van der Waals surface area contributed by atoms with Crippen LogP contribution in [-0.4, -0.2) is 25.1 Å². The van der Waals surface area contributed by atoms with Crippen LogP contribution in [-0.2, 0) is 0 Å². The van der Waals surface area contributed by atoms with Crippen LogP contribution in [0.5, 0.6) is 0 Å². The van der Waals surface area contributed by atoms with Gasteiger partial charge in [0.25, 0.3) is 5.69 Å². The van der Waals surface area contributed by atoms with Crippen LogP contribution in [0.1, 0.15) is 25.3 Å². The average molecular weight is 233 g/mol. The third-order valence-electron chi connectivity index (χ3n) is 2.44. The maximum absolute atomic E-state index is 10.7. The minimum Gasteiger partial charge on any atom is -0.258 e. The van der Waals surface area contributed by atoms with Crippen molar-refractivity contribution in [2.24, 2.45) is 0 Å². The molecule has 7 nitrogen and oxygen atoms in total. The number of aromatic nitrogens is 4.